The summed E-state index contributed by atoms with van der Waals surface area (Å²) in [6.07, 6.45) is 6.07. The molecule has 3 aromatic carbocycles. The van der Waals surface area contributed by atoms with E-state index in [2.05, 4.69) is 17.1 Å². The van der Waals surface area contributed by atoms with Crippen LogP contribution in [0.2, 0.25) is 0 Å². The monoisotopic (exact) mass is 627 g/mol. The summed E-state index contributed by atoms with van der Waals surface area (Å²) in [7, 11) is 1.54. The van der Waals surface area contributed by atoms with Crippen molar-refractivity contribution in [2.24, 2.45) is 0 Å². The molecule has 1 amide bonds. The molecule has 0 bridgehead atoms. The number of benzene rings is 3. The van der Waals surface area contributed by atoms with Crippen molar-refractivity contribution in [1.29, 1.82) is 0 Å². The van der Waals surface area contributed by atoms with Crippen LogP contribution in [0, 0.1) is 0 Å². The van der Waals surface area contributed by atoms with E-state index in [1.807, 2.05) is 60.7 Å². The number of hydrogen-bond acceptors (Lipinski definition) is 9. The number of rotatable bonds is 14. The first-order chi connectivity index (χ1) is 21.5. The van der Waals surface area contributed by atoms with Gasteiger partial charge in [-0.25, -0.2) is 0 Å². The quantitative estimate of drug-likeness (QED) is 0.0660. The molecule has 226 valence electrons. The number of nitrogens with zero attached hydrogens (tertiary/aromatic N) is 3. The van der Waals surface area contributed by atoms with E-state index in [9.17, 15) is 14.7 Å². The molecule has 1 aliphatic rings. The number of allylic oxidation sites excluding steroid dienone is 1. The van der Waals surface area contributed by atoms with Gasteiger partial charge in [0.2, 0.25) is 5.13 Å². The lowest BCUT2D eigenvalue weighted by Gasteiger charge is -2.24. The Bertz CT molecular complexity index is 1650. The number of carbonyl (C=O) groups is 2. The number of anilines is 1. The van der Waals surface area contributed by atoms with E-state index in [0.29, 0.717) is 33.8 Å². The van der Waals surface area contributed by atoms with E-state index >= 15 is 0 Å². The maximum absolute atomic E-state index is 13.6. The van der Waals surface area contributed by atoms with Crippen LogP contribution < -0.4 is 14.4 Å². The molecule has 0 spiro atoms. The Kier molecular flexibility index (Phi) is 10.5. The minimum atomic E-state index is -0.960. The van der Waals surface area contributed by atoms with Crippen LogP contribution in [0.1, 0.15) is 48.9 Å². The fourth-order valence-corrected chi connectivity index (χ4v) is 6.60. The first-order valence-electron chi connectivity index (χ1n) is 14.3. The van der Waals surface area contributed by atoms with Crippen molar-refractivity contribution < 1.29 is 24.2 Å². The normalized spacial score (nSPS) is 14.9. The van der Waals surface area contributed by atoms with Crippen molar-refractivity contribution in [3.8, 4) is 11.5 Å². The van der Waals surface area contributed by atoms with Gasteiger partial charge in [-0.15, -0.1) is 10.2 Å². The summed E-state index contributed by atoms with van der Waals surface area (Å²) in [6, 6.07) is 23.6. The van der Waals surface area contributed by atoms with Crippen LogP contribution in [0.25, 0.3) is 6.08 Å². The number of aliphatic hydroxyl groups excluding tert-OH is 1. The third-order valence-electron chi connectivity index (χ3n) is 7.02. The van der Waals surface area contributed by atoms with Crippen LogP contribution in [0.3, 0.4) is 0 Å². The molecule has 10 heteroatoms. The smallest absolute Gasteiger partial charge is 0.296 e. The molecule has 2 heterocycles. The second-order valence-corrected chi connectivity index (χ2v) is 12.2. The van der Waals surface area contributed by atoms with Crippen molar-refractivity contribution in [2.75, 3.05) is 18.6 Å². The van der Waals surface area contributed by atoms with Crippen molar-refractivity contribution in [3.63, 3.8) is 0 Å². The van der Waals surface area contributed by atoms with E-state index in [1.165, 1.54) is 34.1 Å². The van der Waals surface area contributed by atoms with E-state index < -0.39 is 23.5 Å². The molecule has 1 aromatic heterocycles. The van der Waals surface area contributed by atoms with Crippen LogP contribution in [0.4, 0.5) is 5.13 Å². The summed E-state index contributed by atoms with van der Waals surface area (Å²) >= 11 is 2.73. The highest BCUT2D eigenvalue weighted by Gasteiger charge is 2.45. The van der Waals surface area contributed by atoms with Gasteiger partial charge in [0.25, 0.3) is 5.91 Å². The zero-order valence-corrected chi connectivity index (χ0v) is 26.1. The number of amides is 1. The molecule has 5 rings (SSSR count). The average molecular weight is 628 g/mol. The molecule has 8 nitrogen and oxygen atoms in total. The Labute approximate surface area is 265 Å². The second-order valence-electron chi connectivity index (χ2n) is 10.0. The molecule has 1 atom stereocenters. The van der Waals surface area contributed by atoms with Gasteiger partial charge in [0.05, 0.1) is 25.3 Å². The predicted octanol–water partition coefficient (Wildman–Crippen LogP) is 7.59. The summed E-state index contributed by atoms with van der Waals surface area (Å²) in [4.78, 5) is 28.6. The number of aliphatic hydroxyl groups is 1. The van der Waals surface area contributed by atoms with Crippen LogP contribution in [0.5, 0.6) is 11.5 Å². The Morgan fingerprint density at radius 2 is 1.77 bits per heavy atom. The van der Waals surface area contributed by atoms with Gasteiger partial charge in [-0.05, 0) is 41.3 Å². The lowest BCUT2D eigenvalue weighted by atomic mass is 9.95. The molecule has 0 saturated carbocycles. The van der Waals surface area contributed by atoms with E-state index in [-0.39, 0.29) is 10.7 Å². The lowest BCUT2D eigenvalue weighted by Crippen LogP contribution is -2.30. The largest absolute Gasteiger partial charge is 0.503 e. The van der Waals surface area contributed by atoms with Crippen molar-refractivity contribution in [1.82, 2.24) is 10.2 Å². The fraction of sp³-hybridized carbons (Fsp3) is 0.235. The van der Waals surface area contributed by atoms with E-state index in [4.69, 9.17) is 9.47 Å². The number of ether oxygens (including phenoxy) is 2. The first kappa shape index (κ1) is 31.0. The standard InChI is InChI=1S/C34H33N3O5S2/c1-3-4-11-20-42-27-19-17-25(21-28(27)41-2)30-29(26(38)18-16-23-12-7-5-8-13-23)31(39)32(40)37(30)33-35-36-34(44-33)43-22-24-14-9-6-10-15-24/h5-10,12-19,21,30,39H,3-4,11,20,22H2,1-2H3/b18-16+. The molecule has 1 unspecified atom stereocenters. The Balaban J connectivity index is 1.48. The molecular weight excluding hydrogens is 595 g/mol. The summed E-state index contributed by atoms with van der Waals surface area (Å²) in [5, 5.41) is 20.0. The average Bonchev–Trinajstić information content (AvgIpc) is 3.63. The number of carbonyl (C=O) groups excluding carboxylic acids is 2. The van der Waals surface area contributed by atoms with Gasteiger partial charge >= 0.3 is 0 Å². The third kappa shape index (κ3) is 7.20. The highest BCUT2D eigenvalue weighted by atomic mass is 32.2. The SMILES string of the molecule is CCCCCOc1ccc(C2C(C(=O)/C=C/c3ccccc3)=C(O)C(=O)N2c2nnc(SCc3ccccc3)s2)cc1OC. The summed E-state index contributed by atoms with van der Waals surface area (Å²) in [5.41, 5.74) is 2.46. The van der Waals surface area contributed by atoms with Gasteiger partial charge < -0.3 is 14.6 Å². The Morgan fingerprint density at radius 1 is 1.02 bits per heavy atom. The van der Waals surface area contributed by atoms with Crippen molar-refractivity contribution in [3.05, 3.63) is 113 Å². The van der Waals surface area contributed by atoms with Crippen LogP contribution in [0.15, 0.2) is 101 Å². The number of methoxy groups -OCH3 is 1. The fourth-order valence-electron chi connectivity index (χ4n) is 4.78. The zero-order valence-electron chi connectivity index (χ0n) is 24.5. The number of hydrogen-bond donors (Lipinski definition) is 1. The highest BCUT2D eigenvalue weighted by Crippen LogP contribution is 2.45. The number of thioether (sulfide) groups is 1. The number of ketones is 1. The maximum atomic E-state index is 13.6. The minimum Gasteiger partial charge on any atom is -0.503 e. The molecule has 0 radical (unpaired) electrons. The Morgan fingerprint density at radius 3 is 2.50 bits per heavy atom. The second kappa shape index (κ2) is 14.9. The molecule has 1 aliphatic heterocycles. The van der Waals surface area contributed by atoms with Gasteiger partial charge in [0.1, 0.15) is 0 Å². The van der Waals surface area contributed by atoms with Crippen molar-refractivity contribution >= 4 is 46.0 Å². The summed E-state index contributed by atoms with van der Waals surface area (Å²) in [5.74, 6) is -0.133. The molecule has 0 fully saturated rings. The Hall–Kier alpha value is -4.41. The van der Waals surface area contributed by atoms with Gasteiger partial charge in [-0.1, -0.05) is 116 Å². The molecule has 0 aliphatic carbocycles. The van der Waals surface area contributed by atoms with Crippen molar-refractivity contribution in [2.45, 2.75) is 42.3 Å². The van der Waals surface area contributed by atoms with E-state index in [0.717, 1.165) is 30.4 Å². The van der Waals surface area contributed by atoms with Gasteiger partial charge in [-0.3, -0.25) is 14.5 Å². The van der Waals surface area contributed by atoms with Gasteiger partial charge in [0, 0.05) is 5.75 Å². The molecule has 4 aromatic rings. The topological polar surface area (TPSA) is 102 Å². The van der Waals surface area contributed by atoms with E-state index in [1.54, 1.807) is 31.4 Å². The highest BCUT2D eigenvalue weighted by molar-refractivity contribution is 8.00. The molecular formula is C34H33N3O5S2. The summed E-state index contributed by atoms with van der Waals surface area (Å²) < 4.78 is 12.3. The van der Waals surface area contributed by atoms with Crippen LogP contribution in [-0.2, 0) is 15.3 Å². The molecule has 44 heavy (non-hydrogen) atoms. The molecule has 0 saturated heterocycles. The predicted molar refractivity (Wildman–Crippen MR) is 174 cm³/mol. The lowest BCUT2D eigenvalue weighted by molar-refractivity contribution is -0.117. The van der Waals surface area contributed by atoms with Gasteiger partial charge in [-0.2, -0.15) is 0 Å². The zero-order chi connectivity index (χ0) is 30.9. The minimum absolute atomic E-state index is 0.0467. The van der Waals surface area contributed by atoms with Crippen LogP contribution >= 0.6 is 23.1 Å². The van der Waals surface area contributed by atoms with Crippen LogP contribution in [-0.4, -0.2) is 40.7 Å². The van der Waals surface area contributed by atoms with Gasteiger partial charge in [0.15, 0.2) is 27.4 Å². The first-order valence-corrected chi connectivity index (χ1v) is 16.2. The third-order valence-corrected chi connectivity index (χ3v) is 9.14. The summed E-state index contributed by atoms with van der Waals surface area (Å²) in [6.45, 7) is 2.67. The number of unbranched alkanes of at least 4 members (excludes halogenated alkanes) is 2. The number of aromatic nitrogens is 2. The maximum Gasteiger partial charge on any atom is 0.296 e. The molecule has 1 N–H and O–H groups in total.